The Morgan fingerprint density at radius 3 is 2.81 bits per heavy atom. The quantitative estimate of drug-likeness (QED) is 0.839. The summed E-state index contributed by atoms with van der Waals surface area (Å²) in [4.78, 5) is 4.70. The van der Waals surface area contributed by atoms with Crippen molar-refractivity contribution in [3.8, 4) is 11.8 Å². The molecule has 0 spiro atoms. The molecule has 1 atom stereocenters. The van der Waals surface area contributed by atoms with Crippen LogP contribution in [0.3, 0.4) is 0 Å². The summed E-state index contributed by atoms with van der Waals surface area (Å²) >= 11 is 3.60. The molecule has 112 valence electrons. The average Bonchev–Trinajstić information content (AvgIpc) is 2.95. The van der Waals surface area contributed by atoms with Crippen molar-refractivity contribution in [2.45, 2.75) is 25.9 Å². The maximum atomic E-state index is 9.00. The lowest BCUT2D eigenvalue weighted by atomic mass is 10.1. The first-order chi connectivity index (χ1) is 10.2. The normalized spacial score (nSPS) is 20.6. The van der Waals surface area contributed by atoms with Crippen LogP contribution in [0.4, 0.5) is 0 Å². The highest BCUT2D eigenvalue weighted by molar-refractivity contribution is 9.10. The van der Waals surface area contributed by atoms with Gasteiger partial charge in [-0.3, -0.25) is 9.80 Å². The fraction of sp³-hybridized carbons (Fsp3) is 0.562. The predicted octanol–water partition coefficient (Wildman–Crippen LogP) is 2.41. The Bertz CT molecular complexity index is 561. The Morgan fingerprint density at radius 1 is 1.33 bits per heavy atom. The molecule has 1 unspecified atom stereocenters. The first kappa shape index (κ1) is 14.8. The molecule has 4 nitrogen and oxygen atoms in total. The first-order valence-electron chi connectivity index (χ1n) is 7.47. The fourth-order valence-electron chi connectivity index (χ4n) is 3.09. The van der Waals surface area contributed by atoms with Gasteiger partial charge in [-0.1, -0.05) is 15.9 Å². The fourth-order valence-corrected chi connectivity index (χ4v) is 3.65. The Hall–Kier alpha value is -1.09. The number of piperazine rings is 1. The van der Waals surface area contributed by atoms with Gasteiger partial charge in [0.1, 0.15) is 5.75 Å². The minimum absolute atomic E-state index is 0.0191. The Balaban J connectivity index is 1.65. The van der Waals surface area contributed by atoms with E-state index in [0.717, 1.165) is 56.0 Å². The molecule has 1 aromatic rings. The molecule has 0 amide bonds. The molecule has 1 aromatic carbocycles. The molecule has 2 aliphatic heterocycles. The van der Waals surface area contributed by atoms with Crippen LogP contribution in [0.5, 0.6) is 5.75 Å². The van der Waals surface area contributed by atoms with Crippen molar-refractivity contribution in [3.63, 3.8) is 0 Å². The van der Waals surface area contributed by atoms with E-state index in [1.165, 1.54) is 11.1 Å². The summed E-state index contributed by atoms with van der Waals surface area (Å²) in [5, 5.41) is 9.00. The molecule has 21 heavy (non-hydrogen) atoms. The molecule has 2 aliphatic rings. The summed E-state index contributed by atoms with van der Waals surface area (Å²) in [6, 6.07) is 6.68. The number of hydrogen-bond acceptors (Lipinski definition) is 4. The van der Waals surface area contributed by atoms with Crippen molar-refractivity contribution in [1.82, 2.24) is 9.80 Å². The van der Waals surface area contributed by atoms with Gasteiger partial charge in [-0.05, 0) is 24.6 Å². The second-order valence-corrected chi connectivity index (χ2v) is 6.68. The summed E-state index contributed by atoms with van der Waals surface area (Å²) in [6.45, 7) is 7.64. The minimum Gasteiger partial charge on any atom is -0.493 e. The van der Waals surface area contributed by atoms with Gasteiger partial charge < -0.3 is 4.74 Å². The van der Waals surface area contributed by atoms with E-state index in [9.17, 15) is 0 Å². The van der Waals surface area contributed by atoms with Crippen LogP contribution in [-0.2, 0) is 13.0 Å². The molecule has 0 bridgehead atoms. The zero-order valence-corrected chi connectivity index (χ0v) is 13.9. The monoisotopic (exact) mass is 349 g/mol. The second kappa shape index (κ2) is 6.35. The summed E-state index contributed by atoms with van der Waals surface area (Å²) in [6.07, 6.45) is 1.01. The second-order valence-electron chi connectivity index (χ2n) is 5.77. The molecule has 1 saturated heterocycles. The summed E-state index contributed by atoms with van der Waals surface area (Å²) < 4.78 is 6.94. The van der Waals surface area contributed by atoms with Crippen molar-refractivity contribution in [2.24, 2.45) is 0 Å². The highest BCUT2D eigenvalue weighted by Crippen LogP contribution is 2.33. The summed E-state index contributed by atoms with van der Waals surface area (Å²) in [7, 11) is 0. The number of halogens is 1. The van der Waals surface area contributed by atoms with Gasteiger partial charge in [0.2, 0.25) is 0 Å². The Kier molecular flexibility index (Phi) is 4.48. The molecule has 0 radical (unpaired) electrons. The van der Waals surface area contributed by atoms with Gasteiger partial charge in [-0.2, -0.15) is 5.26 Å². The average molecular weight is 350 g/mol. The van der Waals surface area contributed by atoms with Crippen LogP contribution in [0.25, 0.3) is 0 Å². The molecule has 0 aromatic heterocycles. The van der Waals surface area contributed by atoms with Crippen molar-refractivity contribution < 1.29 is 4.74 Å². The smallest absolute Gasteiger partial charge is 0.127 e. The number of benzene rings is 1. The van der Waals surface area contributed by atoms with E-state index < -0.39 is 0 Å². The first-order valence-corrected chi connectivity index (χ1v) is 8.27. The van der Waals surface area contributed by atoms with Gasteiger partial charge in [0.05, 0.1) is 18.7 Å². The lowest BCUT2D eigenvalue weighted by molar-refractivity contribution is 0.113. The van der Waals surface area contributed by atoms with E-state index in [1.54, 1.807) is 0 Å². The molecular formula is C16H20BrN3O. The van der Waals surface area contributed by atoms with Crippen LogP contribution in [0, 0.1) is 11.3 Å². The molecule has 0 aliphatic carbocycles. The van der Waals surface area contributed by atoms with E-state index >= 15 is 0 Å². The lowest BCUT2D eigenvalue weighted by Gasteiger charge is -2.36. The zero-order valence-electron chi connectivity index (χ0n) is 12.3. The van der Waals surface area contributed by atoms with Crippen LogP contribution >= 0.6 is 15.9 Å². The van der Waals surface area contributed by atoms with Crippen LogP contribution in [0.2, 0.25) is 0 Å². The molecular weight excluding hydrogens is 330 g/mol. The predicted molar refractivity (Wildman–Crippen MR) is 85.3 cm³/mol. The maximum Gasteiger partial charge on any atom is 0.127 e. The van der Waals surface area contributed by atoms with E-state index in [1.807, 2.05) is 6.92 Å². The van der Waals surface area contributed by atoms with Gasteiger partial charge in [-0.15, -0.1) is 0 Å². The standard InChI is InChI=1S/C16H20BrN3O/c1-12(10-18)20-5-3-19(4-6-20)11-14-9-15(17)8-13-2-7-21-16(13)14/h8-9,12H,2-7,11H2,1H3. The SMILES string of the molecule is CC(C#N)N1CCN(Cc2cc(Br)cc3c2OCC3)CC1. The highest BCUT2D eigenvalue weighted by Gasteiger charge is 2.23. The minimum atomic E-state index is 0.0191. The van der Waals surface area contributed by atoms with Gasteiger partial charge in [0, 0.05) is 49.2 Å². The van der Waals surface area contributed by atoms with Crippen molar-refractivity contribution in [3.05, 3.63) is 27.7 Å². The topological polar surface area (TPSA) is 39.5 Å². The molecule has 5 heteroatoms. The molecule has 3 rings (SSSR count). The van der Waals surface area contributed by atoms with E-state index in [4.69, 9.17) is 10.00 Å². The third-order valence-electron chi connectivity index (χ3n) is 4.36. The molecule has 1 fully saturated rings. The number of fused-ring (bicyclic) bond motifs is 1. The number of nitriles is 1. The summed E-state index contributed by atoms with van der Waals surface area (Å²) in [5.74, 6) is 1.09. The zero-order chi connectivity index (χ0) is 14.8. The van der Waals surface area contributed by atoms with E-state index in [2.05, 4.69) is 43.9 Å². The van der Waals surface area contributed by atoms with Crippen molar-refractivity contribution in [1.29, 1.82) is 5.26 Å². The molecule has 0 N–H and O–H groups in total. The van der Waals surface area contributed by atoms with Gasteiger partial charge in [-0.25, -0.2) is 0 Å². The Morgan fingerprint density at radius 2 is 2.10 bits per heavy atom. The van der Waals surface area contributed by atoms with Crippen molar-refractivity contribution in [2.75, 3.05) is 32.8 Å². The van der Waals surface area contributed by atoms with Crippen LogP contribution < -0.4 is 4.74 Å². The van der Waals surface area contributed by atoms with Crippen LogP contribution in [0.15, 0.2) is 16.6 Å². The summed E-state index contributed by atoms with van der Waals surface area (Å²) in [5.41, 5.74) is 2.59. The van der Waals surface area contributed by atoms with Gasteiger partial charge >= 0.3 is 0 Å². The third kappa shape index (κ3) is 3.23. The molecule has 2 heterocycles. The molecule has 0 saturated carbocycles. The third-order valence-corrected chi connectivity index (χ3v) is 4.82. The van der Waals surface area contributed by atoms with E-state index in [0.29, 0.717) is 0 Å². The van der Waals surface area contributed by atoms with Gasteiger partial charge in [0.25, 0.3) is 0 Å². The largest absolute Gasteiger partial charge is 0.493 e. The van der Waals surface area contributed by atoms with Crippen LogP contribution in [-0.4, -0.2) is 48.6 Å². The van der Waals surface area contributed by atoms with Gasteiger partial charge in [0.15, 0.2) is 0 Å². The number of ether oxygens (including phenoxy) is 1. The van der Waals surface area contributed by atoms with Crippen molar-refractivity contribution >= 4 is 15.9 Å². The van der Waals surface area contributed by atoms with E-state index in [-0.39, 0.29) is 6.04 Å². The maximum absolute atomic E-state index is 9.00. The Labute approximate surface area is 134 Å². The van der Waals surface area contributed by atoms with Crippen LogP contribution in [0.1, 0.15) is 18.1 Å². The lowest BCUT2D eigenvalue weighted by Crippen LogP contribution is -2.48. The highest BCUT2D eigenvalue weighted by atomic mass is 79.9. The number of nitrogens with zero attached hydrogens (tertiary/aromatic N) is 3. The number of rotatable bonds is 3. The number of hydrogen-bond donors (Lipinski definition) is 0.